The van der Waals surface area contributed by atoms with E-state index >= 15 is 0 Å². The molecule has 4 heteroatoms. The van der Waals surface area contributed by atoms with Gasteiger partial charge in [0.2, 0.25) is 0 Å². The summed E-state index contributed by atoms with van der Waals surface area (Å²) in [6, 6.07) is 19.7. The Kier molecular flexibility index (Phi) is 4.44. The van der Waals surface area contributed by atoms with Gasteiger partial charge in [-0.2, -0.15) is 5.26 Å². The fourth-order valence-corrected chi connectivity index (χ4v) is 2.49. The fraction of sp³-hybridized carbons (Fsp3) is 0.0500. The molecule has 0 bridgehead atoms. The first kappa shape index (κ1) is 15.6. The molecule has 0 spiro atoms. The van der Waals surface area contributed by atoms with Gasteiger partial charge in [-0.05, 0) is 48.5 Å². The van der Waals surface area contributed by atoms with E-state index in [9.17, 15) is 9.65 Å². The molecule has 0 saturated heterocycles. The van der Waals surface area contributed by atoms with Gasteiger partial charge in [0, 0.05) is 23.1 Å². The maximum Gasteiger partial charge on any atom is 0.131 e. The lowest BCUT2D eigenvalue weighted by molar-refractivity contribution is 0.414. The number of hydrogen-bond donors (Lipinski definition) is 0. The molecule has 1 heterocycles. The summed E-state index contributed by atoms with van der Waals surface area (Å²) in [6.45, 7) is 0. The minimum atomic E-state index is -0.409. The number of methoxy groups -OCH3 is 1. The van der Waals surface area contributed by atoms with Crippen molar-refractivity contribution in [2.45, 2.75) is 0 Å². The largest absolute Gasteiger partial charge is 0.497 e. The molecule has 24 heavy (non-hydrogen) atoms. The number of halogens is 1. The van der Waals surface area contributed by atoms with Crippen molar-refractivity contribution in [2.75, 3.05) is 7.11 Å². The Labute approximate surface area is 139 Å². The molecular formula is C20H15FN2O. The Bertz CT molecular complexity index is 917. The summed E-state index contributed by atoms with van der Waals surface area (Å²) in [5.41, 5.74) is 2.29. The summed E-state index contributed by atoms with van der Waals surface area (Å²) in [5.74, 6) is 0.361. The molecule has 0 fully saturated rings. The molecule has 0 atom stereocenters. The van der Waals surface area contributed by atoms with E-state index in [2.05, 4.69) is 6.07 Å². The standard InChI is InChI=1S/C20H15FN2O/c1-24-18-10-8-16(9-11-18)23-12-4-5-17(23)13-15(14-22)19-6-2-3-7-20(19)21/h2-13H,1H3/b15-13-. The Balaban J connectivity index is 2.03. The highest BCUT2D eigenvalue weighted by atomic mass is 19.1. The zero-order valence-corrected chi connectivity index (χ0v) is 13.1. The van der Waals surface area contributed by atoms with Crippen molar-refractivity contribution in [2.24, 2.45) is 0 Å². The summed E-state index contributed by atoms with van der Waals surface area (Å²) in [4.78, 5) is 0. The van der Waals surface area contributed by atoms with Crippen molar-refractivity contribution < 1.29 is 9.13 Å². The molecule has 0 saturated carbocycles. The van der Waals surface area contributed by atoms with Gasteiger partial charge in [-0.25, -0.2) is 4.39 Å². The predicted molar refractivity (Wildman–Crippen MR) is 92.2 cm³/mol. The van der Waals surface area contributed by atoms with Gasteiger partial charge < -0.3 is 9.30 Å². The molecule has 3 aromatic rings. The first-order valence-electron chi connectivity index (χ1n) is 7.41. The van der Waals surface area contributed by atoms with Gasteiger partial charge in [0.1, 0.15) is 11.6 Å². The van der Waals surface area contributed by atoms with E-state index in [0.717, 1.165) is 17.1 Å². The Morgan fingerprint density at radius 1 is 1.08 bits per heavy atom. The SMILES string of the molecule is COc1ccc(-n2cccc2/C=C(/C#N)c2ccccc2F)cc1. The number of nitriles is 1. The van der Waals surface area contributed by atoms with Crippen LogP contribution in [0.1, 0.15) is 11.3 Å². The van der Waals surface area contributed by atoms with Crippen LogP contribution in [0.25, 0.3) is 17.3 Å². The Hall–Kier alpha value is -3.32. The monoisotopic (exact) mass is 318 g/mol. The number of aromatic nitrogens is 1. The van der Waals surface area contributed by atoms with Gasteiger partial charge in [0.25, 0.3) is 0 Å². The third-order valence-electron chi connectivity index (χ3n) is 3.71. The second-order valence-electron chi connectivity index (χ2n) is 5.15. The number of hydrogen-bond acceptors (Lipinski definition) is 2. The fourth-order valence-electron chi connectivity index (χ4n) is 2.49. The lowest BCUT2D eigenvalue weighted by Gasteiger charge is -2.08. The van der Waals surface area contributed by atoms with E-state index in [0.29, 0.717) is 5.56 Å². The molecule has 0 aliphatic carbocycles. The van der Waals surface area contributed by atoms with Gasteiger partial charge in [0.05, 0.1) is 18.8 Å². The van der Waals surface area contributed by atoms with Gasteiger partial charge in [-0.1, -0.05) is 18.2 Å². The number of ether oxygens (including phenoxy) is 1. The number of nitrogens with zero attached hydrogens (tertiary/aromatic N) is 2. The summed E-state index contributed by atoms with van der Waals surface area (Å²) < 4.78 is 21.0. The lowest BCUT2D eigenvalue weighted by Crippen LogP contribution is -1.96. The predicted octanol–water partition coefficient (Wildman–Crippen LogP) is 4.69. The van der Waals surface area contributed by atoms with Gasteiger partial charge in [-0.3, -0.25) is 0 Å². The van der Waals surface area contributed by atoms with Gasteiger partial charge >= 0.3 is 0 Å². The highest BCUT2D eigenvalue weighted by Crippen LogP contribution is 2.23. The topological polar surface area (TPSA) is 38.0 Å². The molecule has 0 radical (unpaired) electrons. The lowest BCUT2D eigenvalue weighted by atomic mass is 10.1. The molecule has 118 valence electrons. The van der Waals surface area contributed by atoms with Crippen LogP contribution in [0.15, 0.2) is 66.9 Å². The van der Waals surface area contributed by atoms with Crippen LogP contribution in [0.3, 0.4) is 0 Å². The van der Waals surface area contributed by atoms with Crippen LogP contribution in [0.5, 0.6) is 5.75 Å². The zero-order valence-electron chi connectivity index (χ0n) is 13.1. The summed E-state index contributed by atoms with van der Waals surface area (Å²) >= 11 is 0. The summed E-state index contributed by atoms with van der Waals surface area (Å²) in [6.07, 6.45) is 3.58. The maximum atomic E-state index is 13.9. The van der Waals surface area contributed by atoms with Gasteiger partial charge in [0.15, 0.2) is 0 Å². The second kappa shape index (κ2) is 6.84. The third kappa shape index (κ3) is 3.06. The van der Waals surface area contributed by atoms with Crippen molar-refractivity contribution >= 4 is 11.6 Å². The third-order valence-corrected chi connectivity index (χ3v) is 3.71. The van der Waals surface area contributed by atoms with Crippen molar-refractivity contribution in [3.63, 3.8) is 0 Å². The van der Waals surface area contributed by atoms with E-state index in [4.69, 9.17) is 4.74 Å². The molecule has 2 aromatic carbocycles. The van der Waals surface area contributed by atoms with Crippen LogP contribution in [-0.2, 0) is 0 Å². The van der Waals surface area contributed by atoms with Crippen molar-refractivity contribution in [1.29, 1.82) is 5.26 Å². The van der Waals surface area contributed by atoms with Crippen LogP contribution >= 0.6 is 0 Å². The highest BCUT2D eigenvalue weighted by molar-refractivity contribution is 5.89. The quantitative estimate of drug-likeness (QED) is 0.655. The van der Waals surface area contributed by atoms with Crippen molar-refractivity contribution in [3.05, 3.63) is 83.9 Å². The first-order chi connectivity index (χ1) is 11.7. The highest BCUT2D eigenvalue weighted by Gasteiger charge is 2.09. The molecule has 3 nitrogen and oxygen atoms in total. The maximum absolute atomic E-state index is 13.9. The minimum absolute atomic E-state index is 0.279. The first-order valence-corrected chi connectivity index (χ1v) is 7.41. The van der Waals surface area contributed by atoms with Crippen LogP contribution < -0.4 is 4.74 Å². The minimum Gasteiger partial charge on any atom is -0.497 e. The van der Waals surface area contributed by atoms with Crippen LogP contribution in [0, 0.1) is 17.1 Å². The second-order valence-corrected chi connectivity index (χ2v) is 5.15. The molecule has 0 aliphatic heterocycles. The van der Waals surface area contributed by atoms with Crippen molar-refractivity contribution in [1.82, 2.24) is 4.57 Å². The smallest absolute Gasteiger partial charge is 0.131 e. The molecule has 0 aliphatic rings. The number of allylic oxidation sites excluding steroid dienone is 1. The van der Waals surface area contributed by atoms with E-state index in [1.54, 1.807) is 31.4 Å². The van der Waals surface area contributed by atoms with Gasteiger partial charge in [-0.15, -0.1) is 0 Å². The average Bonchev–Trinajstić information content (AvgIpc) is 3.08. The van der Waals surface area contributed by atoms with Crippen LogP contribution in [0.4, 0.5) is 4.39 Å². The van der Waals surface area contributed by atoms with Crippen LogP contribution in [0.2, 0.25) is 0 Å². The normalized spacial score (nSPS) is 11.1. The number of rotatable bonds is 4. The molecule has 0 N–H and O–H groups in total. The summed E-state index contributed by atoms with van der Waals surface area (Å²) in [5, 5.41) is 9.42. The molecule has 0 amide bonds. The number of benzene rings is 2. The van der Waals surface area contributed by atoms with E-state index in [-0.39, 0.29) is 5.57 Å². The molecule has 3 rings (SSSR count). The van der Waals surface area contributed by atoms with E-state index in [1.165, 1.54) is 6.07 Å². The Morgan fingerprint density at radius 2 is 1.83 bits per heavy atom. The van der Waals surface area contributed by atoms with E-state index in [1.807, 2.05) is 47.2 Å². The molecule has 1 aromatic heterocycles. The zero-order chi connectivity index (χ0) is 16.9. The Morgan fingerprint density at radius 3 is 2.50 bits per heavy atom. The average molecular weight is 318 g/mol. The summed E-state index contributed by atoms with van der Waals surface area (Å²) in [7, 11) is 1.62. The van der Waals surface area contributed by atoms with E-state index < -0.39 is 5.82 Å². The van der Waals surface area contributed by atoms with Crippen molar-refractivity contribution in [3.8, 4) is 17.5 Å². The molecule has 0 unspecified atom stereocenters. The van der Waals surface area contributed by atoms with Crippen LogP contribution in [-0.4, -0.2) is 11.7 Å². The molecular weight excluding hydrogens is 303 g/mol.